The van der Waals surface area contributed by atoms with Crippen LogP contribution in [-0.4, -0.2) is 14.8 Å². The fourth-order valence-corrected chi connectivity index (χ4v) is 3.08. The Labute approximate surface area is 139 Å². The lowest BCUT2D eigenvalue weighted by Gasteiger charge is -2.04. The summed E-state index contributed by atoms with van der Waals surface area (Å²) in [5, 5.41) is 18.3. The summed E-state index contributed by atoms with van der Waals surface area (Å²) in [5.41, 5.74) is 4.13. The molecule has 114 valence electrons. The molecule has 0 saturated heterocycles. The third-order valence-electron chi connectivity index (χ3n) is 3.60. The number of aryl methyl sites for hydroxylation is 1. The number of hydrogen-bond acceptors (Lipinski definition) is 4. The Balaban J connectivity index is 1.74. The highest BCUT2D eigenvalue weighted by molar-refractivity contribution is 7.98. The van der Waals surface area contributed by atoms with Gasteiger partial charge in [0.2, 0.25) is 0 Å². The van der Waals surface area contributed by atoms with Crippen molar-refractivity contribution in [2.24, 2.45) is 7.05 Å². The molecule has 0 atom stereocenters. The van der Waals surface area contributed by atoms with Crippen molar-refractivity contribution in [1.82, 2.24) is 14.8 Å². The molecule has 1 aromatic heterocycles. The zero-order valence-corrected chi connectivity index (χ0v) is 13.8. The van der Waals surface area contributed by atoms with Gasteiger partial charge in [-0.1, -0.05) is 53.7 Å². The van der Waals surface area contributed by atoms with Crippen LogP contribution in [0.15, 0.2) is 53.7 Å². The van der Waals surface area contributed by atoms with Crippen LogP contribution in [-0.2, 0) is 12.8 Å². The minimum Gasteiger partial charge on any atom is -0.305 e. The van der Waals surface area contributed by atoms with Gasteiger partial charge in [0.1, 0.15) is 0 Å². The van der Waals surface area contributed by atoms with Crippen LogP contribution in [0.3, 0.4) is 0 Å². The summed E-state index contributed by atoms with van der Waals surface area (Å²) >= 11 is 1.64. The van der Waals surface area contributed by atoms with Crippen LogP contribution >= 0.6 is 11.8 Å². The lowest BCUT2D eigenvalue weighted by Crippen LogP contribution is -1.95. The molecule has 0 fully saturated rings. The molecule has 4 nitrogen and oxygen atoms in total. The molecule has 0 radical (unpaired) electrons. The van der Waals surface area contributed by atoms with Gasteiger partial charge in [0, 0.05) is 18.4 Å². The van der Waals surface area contributed by atoms with Gasteiger partial charge in [-0.05, 0) is 24.6 Å². The molecule has 0 saturated carbocycles. The normalized spacial score (nSPS) is 10.5. The molecule has 0 N–H and O–H groups in total. The molecule has 0 bridgehead atoms. The van der Waals surface area contributed by atoms with Crippen molar-refractivity contribution >= 4 is 11.8 Å². The van der Waals surface area contributed by atoms with Crippen LogP contribution in [0, 0.1) is 18.3 Å². The molecule has 3 aromatic rings. The topological polar surface area (TPSA) is 54.5 Å². The van der Waals surface area contributed by atoms with E-state index >= 15 is 0 Å². The highest BCUT2D eigenvalue weighted by atomic mass is 32.2. The number of rotatable bonds is 4. The van der Waals surface area contributed by atoms with Gasteiger partial charge >= 0.3 is 0 Å². The molecule has 2 aromatic carbocycles. The van der Waals surface area contributed by atoms with Gasteiger partial charge in [-0.15, -0.1) is 10.2 Å². The second-order valence-electron chi connectivity index (χ2n) is 5.33. The highest BCUT2D eigenvalue weighted by Gasteiger charge is 2.11. The van der Waals surface area contributed by atoms with Crippen molar-refractivity contribution < 1.29 is 0 Å². The number of thioether (sulfide) groups is 1. The summed E-state index contributed by atoms with van der Waals surface area (Å²) < 4.78 is 2.01. The van der Waals surface area contributed by atoms with E-state index in [0.29, 0.717) is 5.56 Å². The zero-order valence-electron chi connectivity index (χ0n) is 13.0. The van der Waals surface area contributed by atoms with Crippen molar-refractivity contribution in [3.05, 3.63) is 65.2 Å². The molecule has 0 spiro atoms. The predicted molar refractivity (Wildman–Crippen MR) is 91.9 cm³/mol. The van der Waals surface area contributed by atoms with E-state index in [1.165, 1.54) is 5.56 Å². The first kappa shape index (κ1) is 15.3. The average Bonchev–Trinajstić information content (AvgIpc) is 2.95. The summed E-state index contributed by atoms with van der Waals surface area (Å²) in [6.07, 6.45) is 0. The minimum atomic E-state index is 0.680. The second kappa shape index (κ2) is 6.67. The van der Waals surface area contributed by atoms with E-state index in [0.717, 1.165) is 27.9 Å². The number of nitrogens with zero attached hydrogens (tertiary/aromatic N) is 4. The second-order valence-corrected chi connectivity index (χ2v) is 6.27. The maximum absolute atomic E-state index is 8.82. The Morgan fingerprint density at radius 2 is 1.74 bits per heavy atom. The summed E-state index contributed by atoms with van der Waals surface area (Å²) in [4.78, 5) is 0. The van der Waals surface area contributed by atoms with E-state index in [1.807, 2.05) is 35.9 Å². The lowest BCUT2D eigenvalue weighted by molar-refractivity contribution is 0.794. The summed E-state index contributed by atoms with van der Waals surface area (Å²) in [6.45, 7) is 2.07. The van der Waals surface area contributed by atoms with Crippen LogP contribution in [0.5, 0.6) is 0 Å². The smallest absolute Gasteiger partial charge is 0.191 e. The Morgan fingerprint density at radius 1 is 1.04 bits per heavy atom. The first-order chi connectivity index (χ1) is 11.2. The molecule has 23 heavy (non-hydrogen) atoms. The zero-order chi connectivity index (χ0) is 16.2. The predicted octanol–water partition coefficient (Wildman–Crippen LogP) is 3.95. The molecular formula is C18H16N4S. The maximum Gasteiger partial charge on any atom is 0.191 e. The largest absolute Gasteiger partial charge is 0.305 e. The first-order valence-corrected chi connectivity index (χ1v) is 8.24. The molecule has 3 rings (SSSR count). The van der Waals surface area contributed by atoms with Gasteiger partial charge in [-0.2, -0.15) is 5.26 Å². The van der Waals surface area contributed by atoms with Gasteiger partial charge < -0.3 is 4.57 Å². The van der Waals surface area contributed by atoms with E-state index in [4.69, 9.17) is 5.26 Å². The molecule has 5 heteroatoms. The third kappa shape index (κ3) is 3.43. The first-order valence-electron chi connectivity index (χ1n) is 7.25. The number of hydrogen-bond donors (Lipinski definition) is 0. The summed E-state index contributed by atoms with van der Waals surface area (Å²) in [6, 6.07) is 18.0. The molecule has 0 unspecified atom stereocenters. The van der Waals surface area contributed by atoms with E-state index in [9.17, 15) is 0 Å². The van der Waals surface area contributed by atoms with Crippen LogP contribution in [0.4, 0.5) is 0 Å². The van der Waals surface area contributed by atoms with Crippen LogP contribution < -0.4 is 0 Å². The van der Waals surface area contributed by atoms with Gasteiger partial charge in [-0.3, -0.25) is 0 Å². The quantitative estimate of drug-likeness (QED) is 0.683. The Hall–Kier alpha value is -2.58. The Bertz CT molecular complexity index is 842. The van der Waals surface area contributed by atoms with Gasteiger partial charge in [-0.25, -0.2) is 0 Å². The van der Waals surface area contributed by atoms with Crippen molar-refractivity contribution in [3.63, 3.8) is 0 Å². The van der Waals surface area contributed by atoms with Crippen LogP contribution in [0.1, 0.15) is 16.7 Å². The molecule has 0 aliphatic heterocycles. The standard InChI is InChI=1S/C18H16N4S/c1-13-3-9-16(10-4-13)17-20-21-18(22(17)2)23-12-15-7-5-14(11-19)6-8-15/h3-10H,12H2,1-2H3. The van der Waals surface area contributed by atoms with Crippen molar-refractivity contribution in [2.75, 3.05) is 0 Å². The fourth-order valence-electron chi connectivity index (χ4n) is 2.22. The molecular weight excluding hydrogens is 304 g/mol. The van der Waals surface area contributed by atoms with Crippen molar-refractivity contribution in [2.45, 2.75) is 17.8 Å². The van der Waals surface area contributed by atoms with Crippen molar-refractivity contribution in [3.8, 4) is 17.5 Å². The maximum atomic E-state index is 8.82. The van der Waals surface area contributed by atoms with Gasteiger partial charge in [0.15, 0.2) is 11.0 Å². The van der Waals surface area contributed by atoms with E-state index in [1.54, 1.807) is 11.8 Å². The molecule has 0 amide bonds. The summed E-state index contributed by atoms with van der Waals surface area (Å²) in [5.74, 6) is 1.67. The third-order valence-corrected chi connectivity index (χ3v) is 4.69. The lowest BCUT2D eigenvalue weighted by atomic mass is 10.1. The molecule has 0 aliphatic carbocycles. The number of nitriles is 1. The average molecular weight is 320 g/mol. The Kier molecular flexibility index (Phi) is 4.45. The SMILES string of the molecule is Cc1ccc(-c2nnc(SCc3ccc(C#N)cc3)n2C)cc1. The molecule has 0 aliphatic rings. The van der Waals surface area contributed by atoms with Gasteiger partial charge in [0.25, 0.3) is 0 Å². The summed E-state index contributed by atoms with van der Waals surface area (Å²) in [7, 11) is 1.98. The monoisotopic (exact) mass is 320 g/mol. The van der Waals surface area contributed by atoms with Crippen LogP contribution in [0.25, 0.3) is 11.4 Å². The van der Waals surface area contributed by atoms with Gasteiger partial charge in [0.05, 0.1) is 11.6 Å². The molecule has 1 heterocycles. The van der Waals surface area contributed by atoms with Crippen molar-refractivity contribution in [1.29, 1.82) is 5.26 Å². The Morgan fingerprint density at radius 3 is 2.39 bits per heavy atom. The highest BCUT2D eigenvalue weighted by Crippen LogP contribution is 2.25. The van der Waals surface area contributed by atoms with Crippen LogP contribution in [0.2, 0.25) is 0 Å². The van der Waals surface area contributed by atoms with E-state index < -0.39 is 0 Å². The number of benzene rings is 2. The van der Waals surface area contributed by atoms with E-state index in [2.05, 4.69) is 47.5 Å². The number of aromatic nitrogens is 3. The minimum absolute atomic E-state index is 0.680. The fraction of sp³-hybridized carbons (Fsp3) is 0.167. The van der Waals surface area contributed by atoms with E-state index in [-0.39, 0.29) is 0 Å².